The van der Waals surface area contributed by atoms with Gasteiger partial charge in [-0.05, 0) is 18.6 Å². The van der Waals surface area contributed by atoms with Crippen LogP contribution in [0.25, 0.3) is 0 Å². The van der Waals surface area contributed by atoms with Crippen molar-refractivity contribution < 1.29 is 0 Å². The zero-order valence-corrected chi connectivity index (χ0v) is 8.69. The van der Waals surface area contributed by atoms with Crippen molar-refractivity contribution >= 4 is 23.4 Å². The maximum atomic E-state index is 5.60. The summed E-state index contributed by atoms with van der Waals surface area (Å²) in [5, 5.41) is 9.68. The maximum Gasteiger partial charge on any atom is 0.151 e. The van der Waals surface area contributed by atoms with Crippen molar-refractivity contribution in [2.75, 3.05) is 0 Å². The third-order valence-electron chi connectivity index (χ3n) is 1.50. The van der Waals surface area contributed by atoms with Gasteiger partial charge in [0.2, 0.25) is 0 Å². The average molecular weight is 203 g/mol. The van der Waals surface area contributed by atoms with Gasteiger partial charge in [0.1, 0.15) is 5.03 Å². The van der Waals surface area contributed by atoms with Crippen LogP contribution in [0, 0.1) is 0 Å². The van der Waals surface area contributed by atoms with Crippen LogP contribution >= 0.6 is 23.4 Å². The molecule has 0 spiro atoms. The van der Waals surface area contributed by atoms with E-state index in [0.29, 0.717) is 10.4 Å². The molecule has 1 aromatic rings. The van der Waals surface area contributed by atoms with E-state index >= 15 is 0 Å². The number of nitrogens with zero attached hydrogens (tertiary/aromatic N) is 2. The summed E-state index contributed by atoms with van der Waals surface area (Å²) < 4.78 is 0. The number of hydrogen-bond donors (Lipinski definition) is 0. The van der Waals surface area contributed by atoms with Crippen LogP contribution in [-0.4, -0.2) is 15.4 Å². The third-order valence-corrected chi connectivity index (χ3v) is 2.90. The Morgan fingerprint density at radius 1 is 1.50 bits per heavy atom. The van der Waals surface area contributed by atoms with Gasteiger partial charge in [0.15, 0.2) is 5.15 Å². The van der Waals surface area contributed by atoms with Crippen molar-refractivity contribution in [2.24, 2.45) is 0 Å². The van der Waals surface area contributed by atoms with Gasteiger partial charge in [-0.1, -0.05) is 25.4 Å². The molecule has 1 heterocycles. The average Bonchev–Trinajstić information content (AvgIpc) is 2.09. The first-order chi connectivity index (χ1) is 5.72. The molecule has 0 N–H and O–H groups in total. The maximum absolute atomic E-state index is 5.60. The summed E-state index contributed by atoms with van der Waals surface area (Å²) in [6.45, 7) is 4.32. The summed E-state index contributed by atoms with van der Waals surface area (Å²) in [6, 6.07) is 3.66. The quantitative estimate of drug-likeness (QED) is 0.705. The molecule has 0 aliphatic carbocycles. The molecule has 0 fully saturated rings. The Morgan fingerprint density at radius 2 is 2.25 bits per heavy atom. The van der Waals surface area contributed by atoms with E-state index in [1.165, 1.54) is 0 Å². The number of thioether (sulfide) groups is 1. The Balaban J connectivity index is 2.58. The van der Waals surface area contributed by atoms with Gasteiger partial charge in [-0.3, -0.25) is 0 Å². The second-order valence-corrected chi connectivity index (χ2v) is 4.38. The predicted molar refractivity (Wildman–Crippen MR) is 52.7 cm³/mol. The highest BCUT2D eigenvalue weighted by Crippen LogP contribution is 2.22. The first-order valence-electron chi connectivity index (χ1n) is 3.88. The fourth-order valence-electron chi connectivity index (χ4n) is 0.656. The van der Waals surface area contributed by atoms with Crippen molar-refractivity contribution in [1.29, 1.82) is 0 Å². The highest BCUT2D eigenvalue weighted by molar-refractivity contribution is 7.99. The van der Waals surface area contributed by atoms with Crippen LogP contribution in [0.1, 0.15) is 20.3 Å². The minimum atomic E-state index is 0.448. The van der Waals surface area contributed by atoms with Gasteiger partial charge in [-0.2, -0.15) is 0 Å². The molecule has 0 radical (unpaired) electrons. The van der Waals surface area contributed by atoms with Gasteiger partial charge >= 0.3 is 0 Å². The number of hydrogen-bond acceptors (Lipinski definition) is 3. The van der Waals surface area contributed by atoms with Crippen molar-refractivity contribution in [3.05, 3.63) is 17.3 Å². The first-order valence-corrected chi connectivity index (χ1v) is 5.14. The Labute approximate surface area is 81.7 Å². The lowest BCUT2D eigenvalue weighted by Crippen LogP contribution is -1.94. The fourth-order valence-corrected chi connectivity index (χ4v) is 1.57. The molecule has 0 amide bonds. The van der Waals surface area contributed by atoms with Gasteiger partial charge < -0.3 is 0 Å². The van der Waals surface area contributed by atoms with Crippen LogP contribution in [0.15, 0.2) is 17.2 Å². The molecule has 0 saturated carbocycles. The van der Waals surface area contributed by atoms with Gasteiger partial charge in [0.05, 0.1) is 0 Å². The Morgan fingerprint density at radius 3 is 2.75 bits per heavy atom. The smallest absolute Gasteiger partial charge is 0.143 e. The SMILES string of the molecule is CCC(C)Sc1ccc(Cl)nn1. The molecular formula is C8H11ClN2S. The van der Waals surface area contributed by atoms with Gasteiger partial charge in [-0.15, -0.1) is 22.0 Å². The largest absolute Gasteiger partial charge is 0.151 e. The molecule has 0 aliphatic rings. The molecule has 1 atom stereocenters. The summed E-state index contributed by atoms with van der Waals surface area (Å²) in [5.74, 6) is 0. The lowest BCUT2D eigenvalue weighted by Gasteiger charge is -2.05. The second-order valence-electron chi connectivity index (χ2n) is 2.53. The van der Waals surface area contributed by atoms with E-state index < -0.39 is 0 Å². The summed E-state index contributed by atoms with van der Waals surface area (Å²) in [6.07, 6.45) is 1.13. The van der Waals surface area contributed by atoms with E-state index in [1.807, 2.05) is 6.07 Å². The van der Waals surface area contributed by atoms with E-state index in [2.05, 4.69) is 24.0 Å². The van der Waals surface area contributed by atoms with Crippen LogP contribution in [0.4, 0.5) is 0 Å². The predicted octanol–water partition coefficient (Wildman–Crippen LogP) is 3.02. The molecule has 1 aromatic heterocycles. The molecule has 1 rings (SSSR count). The minimum Gasteiger partial charge on any atom is -0.143 e. The highest BCUT2D eigenvalue weighted by Gasteiger charge is 2.02. The summed E-state index contributed by atoms with van der Waals surface area (Å²) >= 11 is 7.32. The fraction of sp³-hybridized carbons (Fsp3) is 0.500. The Bertz CT molecular complexity index is 237. The van der Waals surface area contributed by atoms with Crippen molar-refractivity contribution in [3.8, 4) is 0 Å². The number of aromatic nitrogens is 2. The Kier molecular flexibility index (Phi) is 3.82. The molecule has 0 saturated heterocycles. The van der Waals surface area contributed by atoms with E-state index in [-0.39, 0.29) is 0 Å². The van der Waals surface area contributed by atoms with Crippen LogP contribution in [-0.2, 0) is 0 Å². The molecular weight excluding hydrogens is 192 g/mol. The van der Waals surface area contributed by atoms with Crippen LogP contribution < -0.4 is 0 Å². The second kappa shape index (κ2) is 4.67. The lowest BCUT2D eigenvalue weighted by molar-refractivity contribution is 0.882. The lowest BCUT2D eigenvalue weighted by atomic mass is 10.4. The van der Waals surface area contributed by atoms with E-state index in [0.717, 1.165) is 11.4 Å². The molecule has 66 valence electrons. The topological polar surface area (TPSA) is 25.8 Å². The van der Waals surface area contributed by atoms with Gasteiger partial charge in [0, 0.05) is 5.25 Å². The third kappa shape index (κ3) is 2.99. The van der Waals surface area contributed by atoms with Crippen molar-refractivity contribution in [3.63, 3.8) is 0 Å². The molecule has 4 heteroatoms. The van der Waals surface area contributed by atoms with Crippen LogP contribution in [0.2, 0.25) is 5.15 Å². The number of halogens is 1. The summed E-state index contributed by atoms with van der Waals surface area (Å²) in [7, 11) is 0. The van der Waals surface area contributed by atoms with Gasteiger partial charge in [-0.25, -0.2) is 0 Å². The Hall–Kier alpha value is -0.280. The van der Waals surface area contributed by atoms with E-state index in [1.54, 1.807) is 17.8 Å². The highest BCUT2D eigenvalue weighted by atomic mass is 35.5. The molecule has 0 aliphatic heterocycles. The summed E-state index contributed by atoms with van der Waals surface area (Å²) in [5.41, 5.74) is 0. The molecule has 2 nitrogen and oxygen atoms in total. The molecule has 0 aromatic carbocycles. The monoisotopic (exact) mass is 202 g/mol. The summed E-state index contributed by atoms with van der Waals surface area (Å²) in [4.78, 5) is 0. The number of rotatable bonds is 3. The molecule has 0 bridgehead atoms. The molecule has 1 unspecified atom stereocenters. The van der Waals surface area contributed by atoms with Crippen LogP contribution in [0.5, 0.6) is 0 Å². The normalized spacial score (nSPS) is 12.9. The van der Waals surface area contributed by atoms with E-state index in [4.69, 9.17) is 11.6 Å². The minimum absolute atomic E-state index is 0.448. The van der Waals surface area contributed by atoms with E-state index in [9.17, 15) is 0 Å². The van der Waals surface area contributed by atoms with Crippen molar-refractivity contribution in [1.82, 2.24) is 10.2 Å². The first kappa shape index (κ1) is 9.81. The van der Waals surface area contributed by atoms with Crippen molar-refractivity contribution in [2.45, 2.75) is 30.5 Å². The van der Waals surface area contributed by atoms with Crippen LogP contribution in [0.3, 0.4) is 0 Å². The zero-order valence-electron chi connectivity index (χ0n) is 7.12. The molecule has 12 heavy (non-hydrogen) atoms. The zero-order chi connectivity index (χ0) is 8.97. The van der Waals surface area contributed by atoms with Gasteiger partial charge in [0.25, 0.3) is 0 Å². The standard InChI is InChI=1S/C8H11ClN2S/c1-3-6(2)12-8-5-4-7(9)10-11-8/h4-6H,3H2,1-2H3.